The Bertz CT molecular complexity index is 583. The first kappa shape index (κ1) is 14.5. The van der Waals surface area contributed by atoms with E-state index >= 15 is 0 Å². The minimum atomic E-state index is -0.0473. The normalized spacial score (nSPS) is 11.9. The summed E-state index contributed by atoms with van der Waals surface area (Å²) in [6.45, 7) is 1.98. The summed E-state index contributed by atoms with van der Waals surface area (Å²) >= 11 is 5.60. The molecule has 1 amide bonds. The zero-order valence-electron chi connectivity index (χ0n) is 10.4. The molecule has 0 bridgehead atoms. The lowest BCUT2D eigenvalue weighted by Gasteiger charge is -2.14. The first-order chi connectivity index (χ1) is 9.06. The van der Waals surface area contributed by atoms with Gasteiger partial charge in [0.05, 0.1) is 6.04 Å². The Balaban J connectivity index is 2.08. The molecule has 2 aromatic carbocycles. The van der Waals surface area contributed by atoms with E-state index in [0.717, 1.165) is 13.6 Å². The molecule has 0 heterocycles. The van der Waals surface area contributed by atoms with Crippen molar-refractivity contribution < 1.29 is 4.79 Å². The molecule has 0 saturated heterocycles. The maximum absolute atomic E-state index is 12.1. The van der Waals surface area contributed by atoms with Crippen LogP contribution in [0.2, 0.25) is 0 Å². The van der Waals surface area contributed by atoms with E-state index < -0.39 is 0 Å². The number of hydrogen-bond acceptors (Lipinski definition) is 1. The van der Waals surface area contributed by atoms with Crippen LogP contribution < -0.4 is 5.32 Å². The van der Waals surface area contributed by atoms with Crippen LogP contribution in [0, 0.1) is 3.57 Å². The maximum Gasteiger partial charge on any atom is 0.251 e. The maximum atomic E-state index is 12.1. The number of benzene rings is 2. The highest BCUT2D eigenvalue weighted by atomic mass is 127. The molecule has 98 valence electrons. The Morgan fingerprint density at radius 2 is 1.89 bits per heavy atom. The Morgan fingerprint density at radius 3 is 2.53 bits per heavy atom. The minimum Gasteiger partial charge on any atom is -0.346 e. The average Bonchev–Trinajstić information content (AvgIpc) is 2.39. The van der Waals surface area contributed by atoms with Crippen molar-refractivity contribution in [3.05, 3.63) is 67.7 Å². The van der Waals surface area contributed by atoms with Crippen LogP contribution >= 0.6 is 38.5 Å². The van der Waals surface area contributed by atoms with E-state index in [-0.39, 0.29) is 11.9 Å². The summed E-state index contributed by atoms with van der Waals surface area (Å²) in [4.78, 5) is 12.1. The van der Waals surface area contributed by atoms with Crippen LogP contribution in [0.5, 0.6) is 0 Å². The van der Waals surface area contributed by atoms with Gasteiger partial charge in [0, 0.05) is 13.6 Å². The molecule has 2 nitrogen and oxygen atoms in total. The first-order valence-electron chi connectivity index (χ1n) is 5.88. The van der Waals surface area contributed by atoms with Gasteiger partial charge in [-0.3, -0.25) is 4.79 Å². The number of halogens is 2. The summed E-state index contributed by atoms with van der Waals surface area (Å²) in [5, 5.41) is 3.00. The number of nitrogens with one attached hydrogen (secondary N) is 1. The fourth-order valence-corrected chi connectivity index (χ4v) is 2.55. The van der Waals surface area contributed by atoms with Crippen LogP contribution in [0.15, 0.2) is 53.0 Å². The zero-order chi connectivity index (χ0) is 13.8. The van der Waals surface area contributed by atoms with Gasteiger partial charge in [-0.1, -0.05) is 34.1 Å². The summed E-state index contributed by atoms with van der Waals surface area (Å²) in [5.74, 6) is -0.0473. The second-order valence-corrected chi connectivity index (χ2v) is 6.42. The highest BCUT2D eigenvalue weighted by Crippen LogP contribution is 2.17. The van der Waals surface area contributed by atoms with Crippen LogP contribution in [0.25, 0.3) is 0 Å². The van der Waals surface area contributed by atoms with E-state index in [1.807, 2.05) is 55.5 Å². The Labute approximate surface area is 134 Å². The van der Waals surface area contributed by atoms with Crippen molar-refractivity contribution in [2.45, 2.75) is 13.0 Å². The van der Waals surface area contributed by atoms with Crippen LogP contribution in [-0.2, 0) is 0 Å². The molecule has 0 spiro atoms. The van der Waals surface area contributed by atoms with Gasteiger partial charge >= 0.3 is 0 Å². The van der Waals surface area contributed by atoms with E-state index in [0.29, 0.717) is 5.56 Å². The molecule has 1 unspecified atom stereocenters. The zero-order valence-corrected chi connectivity index (χ0v) is 14.1. The highest BCUT2D eigenvalue weighted by molar-refractivity contribution is 14.1. The molecule has 0 fully saturated rings. The first-order valence-corrected chi connectivity index (χ1v) is 7.75. The van der Waals surface area contributed by atoms with Crippen LogP contribution in [0.1, 0.15) is 28.9 Å². The summed E-state index contributed by atoms with van der Waals surface area (Å²) < 4.78 is 2.09. The molecule has 1 N–H and O–H groups in total. The van der Waals surface area contributed by atoms with Gasteiger partial charge in [-0.05, 0) is 65.4 Å². The van der Waals surface area contributed by atoms with Gasteiger partial charge in [0.1, 0.15) is 0 Å². The molecule has 0 aliphatic rings. The van der Waals surface area contributed by atoms with Crippen LogP contribution in [0.4, 0.5) is 0 Å². The fraction of sp³-hybridized carbons (Fsp3) is 0.133. The van der Waals surface area contributed by atoms with Crippen molar-refractivity contribution in [1.29, 1.82) is 0 Å². The van der Waals surface area contributed by atoms with Gasteiger partial charge in [-0.2, -0.15) is 0 Å². The molecule has 0 aliphatic carbocycles. The predicted octanol–water partition coefficient (Wildman–Crippen LogP) is 4.54. The molecule has 19 heavy (non-hydrogen) atoms. The van der Waals surface area contributed by atoms with E-state index in [4.69, 9.17) is 0 Å². The van der Waals surface area contributed by atoms with Crippen LogP contribution in [-0.4, -0.2) is 5.91 Å². The highest BCUT2D eigenvalue weighted by Gasteiger charge is 2.11. The molecular formula is C15H13BrINO. The number of amides is 1. The molecule has 4 heteroatoms. The van der Waals surface area contributed by atoms with Gasteiger partial charge in [-0.15, -0.1) is 0 Å². The molecule has 0 saturated carbocycles. The third-order valence-electron chi connectivity index (χ3n) is 2.80. The van der Waals surface area contributed by atoms with Crippen molar-refractivity contribution in [3.63, 3.8) is 0 Å². The van der Waals surface area contributed by atoms with Gasteiger partial charge in [0.15, 0.2) is 0 Å². The second-order valence-electron chi connectivity index (χ2n) is 4.26. The Hall–Kier alpha value is -0.880. The van der Waals surface area contributed by atoms with Crippen molar-refractivity contribution in [2.24, 2.45) is 0 Å². The summed E-state index contributed by atoms with van der Waals surface area (Å²) in [5.41, 5.74) is 1.78. The van der Waals surface area contributed by atoms with Crippen molar-refractivity contribution in [2.75, 3.05) is 0 Å². The number of hydrogen-bond donors (Lipinski definition) is 1. The Kier molecular flexibility index (Phi) is 4.99. The summed E-state index contributed by atoms with van der Waals surface area (Å²) in [7, 11) is 0. The van der Waals surface area contributed by atoms with Gasteiger partial charge < -0.3 is 5.32 Å². The molecule has 0 aromatic heterocycles. The van der Waals surface area contributed by atoms with E-state index in [2.05, 4.69) is 43.8 Å². The van der Waals surface area contributed by atoms with Crippen molar-refractivity contribution in [1.82, 2.24) is 5.32 Å². The van der Waals surface area contributed by atoms with Gasteiger partial charge in [-0.25, -0.2) is 0 Å². The lowest BCUT2D eigenvalue weighted by molar-refractivity contribution is 0.0940. The molecular weight excluding hydrogens is 417 g/mol. The largest absolute Gasteiger partial charge is 0.346 e. The molecule has 2 rings (SSSR count). The van der Waals surface area contributed by atoms with Crippen LogP contribution in [0.3, 0.4) is 0 Å². The second kappa shape index (κ2) is 6.52. The molecule has 0 aliphatic heterocycles. The van der Waals surface area contributed by atoms with Gasteiger partial charge in [0.25, 0.3) is 5.91 Å². The standard InChI is InChI=1S/C15H13BrINO/c1-10(11-5-7-13(16)8-6-11)18-15(19)12-3-2-4-14(17)9-12/h2-10H,1H3,(H,18,19). The molecule has 2 aromatic rings. The minimum absolute atomic E-state index is 0.0153. The third-order valence-corrected chi connectivity index (χ3v) is 4.00. The summed E-state index contributed by atoms with van der Waals surface area (Å²) in [6.07, 6.45) is 0. The number of carbonyl (C=O) groups excluding carboxylic acids is 1. The quantitative estimate of drug-likeness (QED) is 0.712. The van der Waals surface area contributed by atoms with E-state index in [1.165, 1.54) is 0 Å². The summed E-state index contributed by atoms with van der Waals surface area (Å²) in [6, 6.07) is 15.5. The third kappa shape index (κ3) is 4.04. The van der Waals surface area contributed by atoms with Crippen molar-refractivity contribution in [3.8, 4) is 0 Å². The monoisotopic (exact) mass is 429 g/mol. The predicted molar refractivity (Wildman–Crippen MR) is 89.2 cm³/mol. The van der Waals surface area contributed by atoms with E-state index in [1.54, 1.807) is 0 Å². The van der Waals surface area contributed by atoms with Gasteiger partial charge in [0.2, 0.25) is 0 Å². The molecule has 1 atom stereocenters. The lowest BCUT2D eigenvalue weighted by Crippen LogP contribution is -2.26. The SMILES string of the molecule is CC(NC(=O)c1cccc(I)c1)c1ccc(Br)cc1. The fourth-order valence-electron chi connectivity index (χ4n) is 1.74. The molecule has 0 radical (unpaired) electrons. The number of carbonyl (C=O) groups is 1. The van der Waals surface area contributed by atoms with E-state index in [9.17, 15) is 4.79 Å². The topological polar surface area (TPSA) is 29.1 Å². The Morgan fingerprint density at radius 1 is 1.21 bits per heavy atom. The number of rotatable bonds is 3. The van der Waals surface area contributed by atoms with Crippen molar-refractivity contribution >= 4 is 44.4 Å². The average molecular weight is 430 g/mol. The smallest absolute Gasteiger partial charge is 0.251 e. The lowest BCUT2D eigenvalue weighted by atomic mass is 10.1.